The Morgan fingerprint density at radius 3 is 1.36 bits per heavy atom. The van der Waals surface area contributed by atoms with Crippen molar-refractivity contribution in [1.82, 2.24) is 9.46 Å². The lowest BCUT2D eigenvalue weighted by Crippen LogP contribution is -2.43. The summed E-state index contributed by atoms with van der Waals surface area (Å²) < 4.78 is 0.883. The van der Waals surface area contributed by atoms with E-state index in [4.69, 9.17) is 21.1 Å². The Labute approximate surface area is 201 Å². The fraction of sp³-hybridized carbons (Fsp3) is 0.0833. The number of aryl methyl sites for hydroxylation is 2. The summed E-state index contributed by atoms with van der Waals surface area (Å²) >= 11 is 0. The zero-order chi connectivity index (χ0) is 26.3. The van der Waals surface area contributed by atoms with Crippen LogP contribution in [0, 0.1) is 13.8 Å². The summed E-state index contributed by atoms with van der Waals surface area (Å²) in [5.41, 5.74) is 8.80. The molecule has 2 heterocycles. The maximum absolute atomic E-state index is 12.8. The third-order valence-corrected chi connectivity index (χ3v) is 5.49. The smallest absolute Gasteiger partial charge is 0.365 e. The standard InChI is InChI=1S/C24H18N4O8/c1-11-5-3-7-17-13(11)9-15(19(25)29)21(31)27(17)35-23(33)24(34)36-28-18-8-4-6-12(2)14(18)10-16(20(26)30)22(28)32/h3-10H,1-2H3,(H2,25,29)(H2,26,30). The van der Waals surface area contributed by atoms with Crippen LogP contribution in [0.4, 0.5) is 0 Å². The number of nitrogens with two attached hydrogens (primary N) is 2. The Bertz CT molecular complexity index is 1620. The molecule has 0 spiro atoms. The second-order valence-corrected chi connectivity index (χ2v) is 7.82. The molecule has 36 heavy (non-hydrogen) atoms. The van der Waals surface area contributed by atoms with Gasteiger partial charge in [0.15, 0.2) is 0 Å². The van der Waals surface area contributed by atoms with Gasteiger partial charge in [-0.2, -0.15) is 0 Å². The van der Waals surface area contributed by atoms with Gasteiger partial charge in [0, 0.05) is 10.8 Å². The first kappa shape index (κ1) is 23.9. The van der Waals surface area contributed by atoms with Gasteiger partial charge < -0.3 is 21.1 Å². The minimum atomic E-state index is -1.70. The van der Waals surface area contributed by atoms with E-state index < -0.39 is 46.0 Å². The Hall–Kier alpha value is -5.26. The van der Waals surface area contributed by atoms with Crippen molar-refractivity contribution in [1.29, 1.82) is 0 Å². The highest BCUT2D eigenvalue weighted by molar-refractivity contribution is 6.30. The predicted molar refractivity (Wildman–Crippen MR) is 126 cm³/mol. The summed E-state index contributed by atoms with van der Waals surface area (Å²) in [4.78, 5) is 84.3. The van der Waals surface area contributed by atoms with Gasteiger partial charge in [-0.05, 0) is 49.2 Å². The molecule has 0 saturated heterocycles. The molecule has 0 aliphatic carbocycles. The minimum absolute atomic E-state index is 0.0696. The van der Waals surface area contributed by atoms with Gasteiger partial charge in [-0.3, -0.25) is 19.2 Å². The number of benzene rings is 2. The lowest BCUT2D eigenvalue weighted by Gasteiger charge is -2.14. The number of carbonyl (C=O) groups excluding carboxylic acids is 4. The second kappa shape index (κ2) is 8.83. The Kier molecular flexibility index (Phi) is 5.86. The van der Waals surface area contributed by atoms with Crippen LogP contribution < -0.4 is 32.3 Å². The summed E-state index contributed by atoms with van der Waals surface area (Å²) in [6.07, 6.45) is 0. The third-order valence-electron chi connectivity index (χ3n) is 5.49. The third kappa shape index (κ3) is 3.96. The van der Waals surface area contributed by atoms with Crippen LogP contribution in [-0.4, -0.2) is 33.2 Å². The number of primary amides is 2. The highest BCUT2D eigenvalue weighted by Gasteiger charge is 2.26. The van der Waals surface area contributed by atoms with Crippen LogP contribution in [0.15, 0.2) is 58.1 Å². The molecule has 2 aromatic heterocycles. The number of nitrogens with zero attached hydrogens (tertiary/aromatic N) is 2. The van der Waals surface area contributed by atoms with Gasteiger partial charge in [0.1, 0.15) is 11.1 Å². The minimum Gasteiger partial charge on any atom is -0.365 e. The number of pyridine rings is 2. The van der Waals surface area contributed by atoms with Crippen molar-refractivity contribution < 1.29 is 28.9 Å². The molecule has 12 heteroatoms. The van der Waals surface area contributed by atoms with Crippen molar-refractivity contribution in [2.75, 3.05) is 0 Å². The first-order valence-electron chi connectivity index (χ1n) is 10.4. The molecule has 0 aliphatic heterocycles. The van der Waals surface area contributed by atoms with E-state index in [1.165, 1.54) is 24.3 Å². The SMILES string of the molecule is Cc1cccc2c1cc(C(N)=O)c(=O)n2OC(=O)C(=O)On1c(=O)c(C(N)=O)cc2c(C)cccc21. The first-order valence-corrected chi connectivity index (χ1v) is 10.4. The number of hydrogen-bond acceptors (Lipinski definition) is 8. The molecule has 0 atom stereocenters. The van der Waals surface area contributed by atoms with Crippen molar-refractivity contribution >= 4 is 45.6 Å². The van der Waals surface area contributed by atoms with Crippen molar-refractivity contribution in [3.8, 4) is 0 Å². The molecule has 0 radical (unpaired) electrons. The van der Waals surface area contributed by atoms with Gasteiger partial charge in [-0.15, -0.1) is 9.46 Å². The van der Waals surface area contributed by atoms with E-state index in [2.05, 4.69) is 0 Å². The molecule has 12 nitrogen and oxygen atoms in total. The number of rotatable bonds is 4. The summed E-state index contributed by atoms with van der Waals surface area (Å²) in [6.45, 7) is 3.37. The number of fused-ring (bicyclic) bond motifs is 2. The van der Waals surface area contributed by atoms with E-state index in [1.54, 1.807) is 38.1 Å². The largest absolute Gasteiger partial charge is 0.444 e. The average Bonchev–Trinajstić information content (AvgIpc) is 2.82. The zero-order valence-electron chi connectivity index (χ0n) is 18.9. The van der Waals surface area contributed by atoms with E-state index in [1.807, 2.05) is 0 Å². The summed E-state index contributed by atoms with van der Waals surface area (Å²) in [5.74, 6) is -5.54. The van der Waals surface area contributed by atoms with Crippen LogP contribution in [0.2, 0.25) is 0 Å². The van der Waals surface area contributed by atoms with Crippen LogP contribution in [0.3, 0.4) is 0 Å². The molecule has 4 aromatic rings. The van der Waals surface area contributed by atoms with Gasteiger partial charge in [0.05, 0.1) is 11.0 Å². The topological polar surface area (TPSA) is 183 Å². The molecule has 0 fully saturated rings. The number of carbonyl (C=O) groups is 4. The molecular formula is C24H18N4O8. The molecule has 0 saturated carbocycles. The lowest BCUT2D eigenvalue weighted by atomic mass is 10.1. The number of aromatic nitrogens is 2. The van der Waals surface area contributed by atoms with E-state index in [0.717, 1.165) is 0 Å². The van der Waals surface area contributed by atoms with Crippen LogP contribution in [-0.2, 0) is 9.59 Å². The maximum atomic E-state index is 12.8. The molecule has 4 rings (SSSR count). The number of amides is 2. The van der Waals surface area contributed by atoms with E-state index in [-0.39, 0.29) is 11.0 Å². The van der Waals surface area contributed by atoms with Gasteiger partial charge in [0.2, 0.25) is 0 Å². The highest BCUT2D eigenvalue weighted by atomic mass is 16.7. The molecule has 4 N–H and O–H groups in total. The molecule has 2 amide bonds. The Balaban J connectivity index is 1.78. The monoisotopic (exact) mass is 490 g/mol. The van der Waals surface area contributed by atoms with E-state index in [9.17, 15) is 28.8 Å². The molecular weight excluding hydrogens is 472 g/mol. The average molecular weight is 490 g/mol. The van der Waals surface area contributed by atoms with Crippen LogP contribution in [0.5, 0.6) is 0 Å². The fourth-order valence-corrected chi connectivity index (χ4v) is 3.68. The van der Waals surface area contributed by atoms with E-state index >= 15 is 0 Å². The zero-order valence-corrected chi connectivity index (χ0v) is 18.9. The van der Waals surface area contributed by atoms with E-state index in [0.29, 0.717) is 31.4 Å². The fourth-order valence-electron chi connectivity index (χ4n) is 3.68. The van der Waals surface area contributed by atoms with Crippen LogP contribution >= 0.6 is 0 Å². The predicted octanol–water partition coefficient (Wildman–Crippen LogP) is -0.258. The summed E-state index contributed by atoms with van der Waals surface area (Å²) in [5, 5.41) is 0.720. The van der Waals surface area contributed by atoms with Gasteiger partial charge in [-0.1, -0.05) is 24.3 Å². The normalized spacial score (nSPS) is 10.8. The van der Waals surface area contributed by atoms with Gasteiger partial charge in [0.25, 0.3) is 22.9 Å². The quantitative estimate of drug-likeness (QED) is 0.367. The molecule has 0 unspecified atom stereocenters. The Morgan fingerprint density at radius 2 is 1.03 bits per heavy atom. The lowest BCUT2D eigenvalue weighted by molar-refractivity contribution is -0.168. The Morgan fingerprint density at radius 1 is 0.667 bits per heavy atom. The molecule has 0 bridgehead atoms. The first-order chi connectivity index (χ1) is 17.0. The molecule has 182 valence electrons. The van der Waals surface area contributed by atoms with Crippen LogP contribution in [0.1, 0.15) is 31.8 Å². The second-order valence-electron chi connectivity index (χ2n) is 7.82. The highest BCUT2D eigenvalue weighted by Crippen LogP contribution is 2.19. The summed E-state index contributed by atoms with van der Waals surface area (Å²) in [7, 11) is 0. The number of hydrogen-bond donors (Lipinski definition) is 2. The molecule has 2 aromatic carbocycles. The summed E-state index contributed by atoms with van der Waals surface area (Å²) in [6, 6.07) is 11.8. The molecule has 0 aliphatic rings. The van der Waals surface area contributed by atoms with Crippen molar-refractivity contribution in [3.05, 3.63) is 91.5 Å². The van der Waals surface area contributed by atoms with Gasteiger partial charge >= 0.3 is 11.9 Å². The van der Waals surface area contributed by atoms with Crippen molar-refractivity contribution in [2.24, 2.45) is 11.5 Å². The van der Waals surface area contributed by atoms with Crippen molar-refractivity contribution in [2.45, 2.75) is 13.8 Å². The van der Waals surface area contributed by atoms with Crippen molar-refractivity contribution in [3.63, 3.8) is 0 Å². The maximum Gasteiger partial charge on any atom is 0.444 e. The van der Waals surface area contributed by atoms with Gasteiger partial charge in [-0.25, -0.2) is 9.59 Å². The van der Waals surface area contributed by atoms with Crippen LogP contribution in [0.25, 0.3) is 21.8 Å².